The van der Waals surface area contributed by atoms with Crippen molar-refractivity contribution in [1.82, 2.24) is 5.32 Å². The number of hydrogen-bond acceptors (Lipinski definition) is 2. The second-order valence-corrected chi connectivity index (χ2v) is 1.14. The number of nitrogens with zero attached hydrogens (tertiary/aromatic N) is 1. The summed E-state index contributed by atoms with van der Waals surface area (Å²) in [6.45, 7) is 3.41. The molecule has 0 saturated carbocycles. The van der Waals surface area contributed by atoms with Crippen LogP contribution in [0.25, 0.3) is 0 Å². The molecule has 0 aliphatic heterocycles. The molecule has 0 atom stereocenters. The molecule has 0 spiro atoms. The number of nitrogens with one attached hydrogen (secondary N) is 1. The van der Waals surface area contributed by atoms with E-state index in [1.165, 1.54) is 0 Å². The van der Waals surface area contributed by atoms with E-state index in [1.807, 2.05) is 6.07 Å². The van der Waals surface area contributed by atoms with Gasteiger partial charge >= 0.3 is 0 Å². The molecule has 0 unspecified atom stereocenters. The molecule has 0 aliphatic carbocycles. The van der Waals surface area contributed by atoms with Crippen LogP contribution in [0.15, 0.2) is 25.1 Å². The summed E-state index contributed by atoms with van der Waals surface area (Å²) in [6.07, 6.45) is 5.40. The van der Waals surface area contributed by atoms with Crippen molar-refractivity contribution < 1.29 is 0 Å². The SMILES string of the molecule is C=CN/C=C\CC#N. The predicted octanol–water partition coefficient (Wildman–Crippen LogP) is 1.15. The fourth-order valence-corrected chi connectivity index (χ4v) is 0.248. The molecule has 0 aliphatic rings. The Bertz CT molecular complexity index is 119. The molecule has 0 saturated heterocycles. The zero-order valence-electron chi connectivity index (χ0n) is 4.59. The van der Waals surface area contributed by atoms with Gasteiger partial charge in [0.15, 0.2) is 0 Å². The molecule has 0 aromatic heterocycles. The summed E-state index contributed by atoms with van der Waals surface area (Å²) in [6, 6.07) is 1.97. The molecule has 0 radical (unpaired) electrons. The van der Waals surface area contributed by atoms with Crippen LogP contribution in [0.5, 0.6) is 0 Å². The van der Waals surface area contributed by atoms with Crippen molar-refractivity contribution in [3.05, 3.63) is 25.1 Å². The summed E-state index contributed by atoms with van der Waals surface area (Å²) < 4.78 is 0. The minimum absolute atomic E-state index is 0.445. The van der Waals surface area contributed by atoms with Crippen molar-refractivity contribution in [2.45, 2.75) is 6.42 Å². The average Bonchev–Trinajstić information content (AvgIpc) is 1.81. The van der Waals surface area contributed by atoms with Gasteiger partial charge in [0.05, 0.1) is 12.5 Å². The first-order valence-corrected chi connectivity index (χ1v) is 2.30. The van der Waals surface area contributed by atoms with Crippen LogP contribution in [0.3, 0.4) is 0 Å². The highest BCUT2D eigenvalue weighted by Gasteiger charge is 1.65. The summed E-state index contributed by atoms with van der Waals surface area (Å²) >= 11 is 0. The first kappa shape index (κ1) is 6.77. The van der Waals surface area contributed by atoms with Crippen molar-refractivity contribution >= 4 is 0 Å². The lowest BCUT2D eigenvalue weighted by Gasteiger charge is -1.81. The monoisotopic (exact) mass is 108 g/mol. The molecule has 0 aromatic carbocycles. The molecular formula is C6H8N2. The Balaban J connectivity index is 3.10. The van der Waals surface area contributed by atoms with E-state index in [0.717, 1.165) is 0 Å². The normalized spacial score (nSPS) is 8.38. The smallest absolute Gasteiger partial charge is 0.0663 e. The minimum Gasteiger partial charge on any atom is -0.368 e. The van der Waals surface area contributed by atoms with Gasteiger partial charge in [-0.15, -0.1) is 0 Å². The minimum atomic E-state index is 0.445. The summed E-state index contributed by atoms with van der Waals surface area (Å²) in [7, 11) is 0. The molecule has 1 N–H and O–H groups in total. The summed E-state index contributed by atoms with van der Waals surface area (Å²) in [5, 5.41) is 10.7. The fourth-order valence-electron chi connectivity index (χ4n) is 0.248. The molecule has 8 heavy (non-hydrogen) atoms. The zero-order chi connectivity index (χ0) is 6.24. The number of nitriles is 1. The maximum atomic E-state index is 8.01. The highest BCUT2D eigenvalue weighted by Crippen LogP contribution is 1.74. The first-order chi connectivity index (χ1) is 3.91. The van der Waals surface area contributed by atoms with Crippen molar-refractivity contribution in [2.75, 3.05) is 0 Å². The van der Waals surface area contributed by atoms with E-state index in [1.54, 1.807) is 18.5 Å². The average molecular weight is 108 g/mol. The van der Waals surface area contributed by atoms with Crippen LogP contribution in [0.1, 0.15) is 6.42 Å². The predicted molar refractivity (Wildman–Crippen MR) is 32.7 cm³/mol. The van der Waals surface area contributed by atoms with Gasteiger partial charge in [0, 0.05) is 0 Å². The van der Waals surface area contributed by atoms with Gasteiger partial charge in [0.25, 0.3) is 0 Å². The van der Waals surface area contributed by atoms with Crippen LogP contribution in [-0.2, 0) is 0 Å². The lowest BCUT2D eigenvalue weighted by Crippen LogP contribution is -1.87. The van der Waals surface area contributed by atoms with E-state index >= 15 is 0 Å². The summed E-state index contributed by atoms with van der Waals surface area (Å²) in [4.78, 5) is 0. The highest BCUT2D eigenvalue weighted by molar-refractivity contribution is 4.90. The van der Waals surface area contributed by atoms with Crippen LogP contribution in [-0.4, -0.2) is 0 Å². The third-order valence-corrected chi connectivity index (χ3v) is 0.541. The summed E-state index contributed by atoms with van der Waals surface area (Å²) in [5.41, 5.74) is 0. The van der Waals surface area contributed by atoms with E-state index in [2.05, 4.69) is 11.9 Å². The van der Waals surface area contributed by atoms with Gasteiger partial charge in [0.1, 0.15) is 0 Å². The molecule has 42 valence electrons. The van der Waals surface area contributed by atoms with Crippen LogP contribution in [0.4, 0.5) is 0 Å². The zero-order valence-corrected chi connectivity index (χ0v) is 4.59. The first-order valence-electron chi connectivity index (χ1n) is 2.30. The maximum Gasteiger partial charge on any atom is 0.0663 e. The quantitative estimate of drug-likeness (QED) is 0.588. The highest BCUT2D eigenvalue weighted by atomic mass is 14.8. The van der Waals surface area contributed by atoms with Gasteiger partial charge in [-0.1, -0.05) is 12.7 Å². The van der Waals surface area contributed by atoms with Crippen molar-refractivity contribution in [3.63, 3.8) is 0 Å². The Morgan fingerprint density at radius 2 is 2.50 bits per heavy atom. The van der Waals surface area contributed by atoms with E-state index in [4.69, 9.17) is 5.26 Å². The Hall–Kier alpha value is -1.23. The third-order valence-electron chi connectivity index (χ3n) is 0.541. The molecule has 0 amide bonds. The van der Waals surface area contributed by atoms with Gasteiger partial charge in [-0.05, 0) is 12.4 Å². The molecule has 0 heterocycles. The molecule has 0 bridgehead atoms. The van der Waals surface area contributed by atoms with Crippen molar-refractivity contribution in [2.24, 2.45) is 0 Å². The Kier molecular flexibility index (Phi) is 4.88. The lowest BCUT2D eigenvalue weighted by atomic mass is 10.5. The number of allylic oxidation sites excluding steroid dienone is 1. The second-order valence-electron chi connectivity index (χ2n) is 1.14. The molecule has 0 fully saturated rings. The van der Waals surface area contributed by atoms with Gasteiger partial charge in [-0.25, -0.2) is 0 Å². The molecule has 0 aromatic rings. The Morgan fingerprint density at radius 3 is 3.00 bits per heavy atom. The maximum absolute atomic E-state index is 8.01. The fraction of sp³-hybridized carbons (Fsp3) is 0.167. The van der Waals surface area contributed by atoms with E-state index in [-0.39, 0.29) is 0 Å². The van der Waals surface area contributed by atoms with Gasteiger partial charge in [-0.3, -0.25) is 0 Å². The van der Waals surface area contributed by atoms with E-state index in [9.17, 15) is 0 Å². The van der Waals surface area contributed by atoms with Crippen LogP contribution in [0.2, 0.25) is 0 Å². The molecule has 2 heteroatoms. The van der Waals surface area contributed by atoms with Crippen molar-refractivity contribution in [1.29, 1.82) is 5.26 Å². The van der Waals surface area contributed by atoms with Crippen LogP contribution in [0, 0.1) is 11.3 Å². The van der Waals surface area contributed by atoms with Crippen LogP contribution >= 0.6 is 0 Å². The van der Waals surface area contributed by atoms with Crippen LogP contribution < -0.4 is 5.32 Å². The second kappa shape index (κ2) is 5.77. The largest absolute Gasteiger partial charge is 0.368 e. The topological polar surface area (TPSA) is 35.8 Å². The Morgan fingerprint density at radius 1 is 1.75 bits per heavy atom. The van der Waals surface area contributed by atoms with Crippen molar-refractivity contribution in [3.8, 4) is 6.07 Å². The van der Waals surface area contributed by atoms with Gasteiger partial charge in [-0.2, -0.15) is 5.26 Å². The number of rotatable bonds is 3. The number of hydrogen-bond donors (Lipinski definition) is 1. The van der Waals surface area contributed by atoms with E-state index < -0.39 is 0 Å². The molecule has 2 nitrogen and oxygen atoms in total. The molecular weight excluding hydrogens is 100 g/mol. The Labute approximate surface area is 49.1 Å². The van der Waals surface area contributed by atoms with Gasteiger partial charge in [0.2, 0.25) is 0 Å². The van der Waals surface area contributed by atoms with Gasteiger partial charge < -0.3 is 5.32 Å². The summed E-state index contributed by atoms with van der Waals surface area (Å²) in [5.74, 6) is 0. The lowest BCUT2D eigenvalue weighted by molar-refractivity contribution is 1.18. The molecule has 0 rings (SSSR count). The third kappa shape index (κ3) is 4.77. The van der Waals surface area contributed by atoms with E-state index in [0.29, 0.717) is 6.42 Å². The standard InChI is InChI=1S/C6H8N2/c1-2-8-6-4-3-5-7/h2,4,6,8H,1,3H2/b6-4-.